The largest absolute Gasteiger partial charge is 0.413 e. The van der Waals surface area contributed by atoms with Crippen molar-refractivity contribution >= 4 is 33.9 Å². The maximum absolute atomic E-state index is 13.9. The molecule has 0 bridgehead atoms. The van der Waals surface area contributed by atoms with Crippen molar-refractivity contribution in [3.63, 3.8) is 0 Å². The van der Waals surface area contributed by atoms with Crippen LogP contribution in [0.2, 0.25) is 5.02 Å². The van der Waals surface area contributed by atoms with Gasteiger partial charge in [-0.05, 0) is 42.0 Å². The molecule has 1 atom stereocenters. The normalized spacial score (nSPS) is 16.3. The summed E-state index contributed by atoms with van der Waals surface area (Å²) in [5, 5.41) is 34.5. The summed E-state index contributed by atoms with van der Waals surface area (Å²) in [6.07, 6.45) is -2.31. The van der Waals surface area contributed by atoms with Crippen molar-refractivity contribution in [2.24, 2.45) is 5.41 Å². The summed E-state index contributed by atoms with van der Waals surface area (Å²) in [5.41, 5.74) is -0.712. The molecule has 4 aromatic rings. The monoisotopic (exact) mass is 579 g/mol. The Balaban J connectivity index is 1.67. The van der Waals surface area contributed by atoms with Crippen LogP contribution in [0.15, 0.2) is 48.8 Å². The number of hydrogen-bond donors (Lipinski definition) is 2. The molecule has 0 amide bonds. The zero-order valence-electron chi connectivity index (χ0n) is 23.4. The average Bonchev–Trinajstić information content (AvgIpc) is 3.60. The van der Waals surface area contributed by atoms with Gasteiger partial charge in [0, 0.05) is 28.8 Å². The second kappa shape index (κ2) is 10.2. The average molecular weight is 580 g/mol. The van der Waals surface area contributed by atoms with Gasteiger partial charge in [-0.15, -0.1) is 5.10 Å². The fourth-order valence-corrected chi connectivity index (χ4v) is 4.75. The van der Waals surface area contributed by atoms with Crippen LogP contribution in [0, 0.1) is 28.1 Å². The van der Waals surface area contributed by atoms with Crippen LogP contribution in [0.4, 0.5) is 24.5 Å². The highest BCUT2D eigenvalue weighted by Crippen LogP contribution is 2.55. The van der Waals surface area contributed by atoms with Crippen LogP contribution in [0.1, 0.15) is 63.4 Å². The van der Waals surface area contributed by atoms with Crippen LogP contribution in [0.5, 0.6) is 0 Å². The first-order valence-electron chi connectivity index (χ1n) is 13.3. The minimum absolute atomic E-state index is 0.125. The third-order valence-electron chi connectivity index (χ3n) is 6.86. The Bertz CT molecular complexity index is 1760. The molecule has 210 valence electrons. The Kier molecular flexibility index (Phi) is 6.71. The molecular formula is C29H26ClF3N8. The van der Waals surface area contributed by atoms with Crippen molar-refractivity contribution in [3.8, 4) is 12.1 Å². The summed E-state index contributed by atoms with van der Waals surface area (Å²) in [6, 6.07) is 11.8. The molecule has 8 nitrogen and oxygen atoms in total. The number of pyridine rings is 1. The van der Waals surface area contributed by atoms with Crippen LogP contribution in [0.25, 0.3) is 10.9 Å². The maximum Gasteiger partial charge on any atom is 0.413 e. The van der Waals surface area contributed by atoms with Gasteiger partial charge in [0.1, 0.15) is 17.8 Å². The first kappa shape index (κ1) is 26.9. The van der Waals surface area contributed by atoms with E-state index in [-0.39, 0.29) is 51.4 Å². The van der Waals surface area contributed by atoms with E-state index in [0.29, 0.717) is 23.1 Å². The van der Waals surface area contributed by atoms with Crippen molar-refractivity contribution in [1.82, 2.24) is 20.0 Å². The SMILES string of the molecule is [2H][C@](Nc1cc(C#N)c2ncc(C#N)c(NCC(C)(C)C)c2c1)(c1cn(C2(C(F)(F)F)CC2)nn1)c1ccccc1Cl. The zero-order chi connectivity index (χ0) is 30.5. The number of fused-ring (bicyclic) bond motifs is 1. The van der Waals surface area contributed by atoms with Crippen LogP contribution in [0.3, 0.4) is 0 Å². The Morgan fingerprint density at radius 2 is 1.85 bits per heavy atom. The highest BCUT2D eigenvalue weighted by atomic mass is 35.5. The number of nitrogens with zero attached hydrogens (tertiary/aromatic N) is 6. The number of anilines is 2. The van der Waals surface area contributed by atoms with Gasteiger partial charge in [-0.3, -0.25) is 4.98 Å². The molecule has 2 aromatic carbocycles. The predicted molar refractivity (Wildman–Crippen MR) is 149 cm³/mol. The predicted octanol–water partition coefficient (Wildman–Crippen LogP) is 6.93. The van der Waals surface area contributed by atoms with E-state index in [0.717, 1.165) is 10.9 Å². The molecule has 41 heavy (non-hydrogen) atoms. The number of rotatable bonds is 7. The number of hydrogen-bond acceptors (Lipinski definition) is 7. The lowest BCUT2D eigenvalue weighted by Gasteiger charge is -2.23. The topological polar surface area (TPSA) is 115 Å². The fraction of sp³-hybridized carbons (Fsp3) is 0.345. The zero-order valence-corrected chi connectivity index (χ0v) is 23.2. The highest BCUT2D eigenvalue weighted by Gasteiger charge is 2.66. The first-order chi connectivity index (χ1) is 19.7. The summed E-state index contributed by atoms with van der Waals surface area (Å²) in [7, 11) is 0. The number of alkyl halides is 3. The third kappa shape index (κ3) is 5.38. The van der Waals surface area contributed by atoms with Gasteiger partial charge in [0.05, 0.1) is 35.9 Å². The minimum Gasteiger partial charge on any atom is -0.383 e. The Morgan fingerprint density at radius 1 is 1.15 bits per heavy atom. The van der Waals surface area contributed by atoms with E-state index >= 15 is 0 Å². The van der Waals surface area contributed by atoms with Gasteiger partial charge in [-0.1, -0.05) is 55.8 Å². The van der Waals surface area contributed by atoms with Gasteiger partial charge in [0.2, 0.25) is 0 Å². The number of aromatic nitrogens is 4. The molecule has 1 aliphatic carbocycles. The summed E-state index contributed by atoms with van der Waals surface area (Å²) >= 11 is 6.51. The minimum atomic E-state index is -4.54. The van der Waals surface area contributed by atoms with E-state index in [9.17, 15) is 25.1 Å². The molecule has 0 unspecified atom stereocenters. The van der Waals surface area contributed by atoms with Gasteiger partial charge >= 0.3 is 6.18 Å². The van der Waals surface area contributed by atoms with E-state index < -0.39 is 17.7 Å². The van der Waals surface area contributed by atoms with Crippen molar-refractivity contribution in [2.75, 3.05) is 17.2 Å². The smallest absolute Gasteiger partial charge is 0.383 e. The van der Waals surface area contributed by atoms with E-state index in [2.05, 4.69) is 38.1 Å². The van der Waals surface area contributed by atoms with Gasteiger partial charge in [0.25, 0.3) is 0 Å². The van der Waals surface area contributed by atoms with Gasteiger partial charge in [0.15, 0.2) is 5.54 Å². The molecule has 2 heterocycles. The quantitative estimate of drug-likeness (QED) is 0.244. The number of nitriles is 2. The van der Waals surface area contributed by atoms with Crippen LogP contribution in [-0.2, 0) is 5.54 Å². The van der Waals surface area contributed by atoms with Gasteiger partial charge in [-0.25, -0.2) is 4.68 Å². The van der Waals surface area contributed by atoms with E-state index in [4.69, 9.17) is 11.6 Å². The molecule has 12 heteroatoms. The van der Waals surface area contributed by atoms with Crippen molar-refractivity contribution in [3.05, 3.63) is 76.2 Å². The Hall–Kier alpha value is -4.35. The standard InChI is InChI=1S/C29H26ClF3N8/c1-27(2,3)16-37-25-18(13-35)14-36-24-17(12-34)10-19(11-21(24)25)38-26(20-6-4-5-7-22(20)30)23-15-41(40-39-23)28(8-9-28)29(31,32)33/h4-7,10-11,14-15,26,38H,8-9,16H2,1-3H3,(H,36,37)/t26-/m1/s1/i26D. The summed E-state index contributed by atoms with van der Waals surface area (Å²) in [5.74, 6) is 0. The molecule has 5 rings (SSSR count). The van der Waals surface area contributed by atoms with Crippen LogP contribution >= 0.6 is 11.6 Å². The lowest BCUT2D eigenvalue weighted by atomic mass is 9.96. The molecule has 2 aromatic heterocycles. The third-order valence-corrected chi connectivity index (χ3v) is 7.19. The van der Waals surface area contributed by atoms with Gasteiger partial charge in [-0.2, -0.15) is 23.7 Å². The number of nitrogens with one attached hydrogen (secondary N) is 2. The second-order valence-electron chi connectivity index (χ2n) is 11.2. The van der Waals surface area contributed by atoms with E-state index in [1.807, 2.05) is 20.8 Å². The molecule has 1 fully saturated rings. The van der Waals surface area contributed by atoms with Crippen molar-refractivity contribution < 1.29 is 14.5 Å². The maximum atomic E-state index is 13.9. The summed E-state index contributed by atoms with van der Waals surface area (Å²) in [4.78, 5) is 4.34. The number of benzene rings is 2. The van der Waals surface area contributed by atoms with Gasteiger partial charge < -0.3 is 10.6 Å². The molecule has 1 aliphatic rings. The first-order valence-corrected chi connectivity index (χ1v) is 13.1. The van der Waals surface area contributed by atoms with Crippen LogP contribution < -0.4 is 10.6 Å². The lowest BCUT2D eigenvalue weighted by molar-refractivity contribution is -0.182. The van der Waals surface area contributed by atoms with E-state index in [1.54, 1.807) is 30.3 Å². The Labute approximate surface area is 241 Å². The van der Waals surface area contributed by atoms with E-state index in [1.165, 1.54) is 12.3 Å². The Morgan fingerprint density at radius 3 is 2.46 bits per heavy atom. The highest BCUT2D eigenvalue weighted by molar-refractivity contribution is 6.31. The molecular weight excluding hydrogens is 553 g/mol. The molecule has 0 aliphatic heterocycles. The van der Waals surface area contributed by atoms with Crippen molar-refractivity contribution in [2.45, 2.75) is 51.3 Å². The molecule has 0 radical (unpaired) electrons. The van der Waals surface area contributed by atoms with Crippen molar-refractivity contribution in [1.29, 1.82) is 10.5 Å². The number of halogens is 4. The lowest BCUT2D eigenvalue weighted by Crippen LogP contribution is -2.35. The molecule has 0 saturated heterocycles. The van der Waals surface area contributed by atoms with Crippen LogP contribution in [-0.4, -0.2) is 32.7 Å². The molecule has 1 saturated carbocycles. The second-order valence-corrected chi connectivity index (χ2v) is 11.6. The fourth-order valence-electron chi connectivity index (χ4n) is 4.52. The summed E-state index contributed by atoms with van der Waals surface area (Å²) in [6.45, 7) is 6.59. The molecule has 0 spiro atoms. The molecule has 2 N–H and O–H groups in total. The summed E-state index contributed by atoms with van der Waals surface area (Å²) < 4.78 is 51.9.